The van der Waals surface area contributed by atoms with Crippen LogP contribution in [0.15, 0.2) is 18.3 Å². The van der Waals surface area contributed by atoms with Gasteiger partial charge in [-0.3, -0.25) is 0 Å². The molecule has 0 amide bonds. The van der Waals surface area contributed by atoms with E-state index in [1.165, 1.54) is 0 Å². The van der Waals surface area contributed by atoms with Crippen LogP contribution in [0, 0.1) is 0 Å². The zero-order chi connectivity index (χ0) is 11.8. The SMILES string of the molecule is CCCOc1cccnc1NC(CC)CC. The van der Waals surface area contributed by atoms with Crippen LogP contribution >= 0.6 is 0 Å². The van der Waals surface area contributed by atoms with Crippen molar-refractivity contribution in [3.8, 4) is 5.75 Å². The van der Waals surface area contributed by atoms with Gasteiger partial charge >= 0.3 is 0 Å². The molecule has 1 heterocycles. The number of ether oxygens (including phenoxy) is 1. The molecule has 16 heavy (non-hydrogen) atoms. The molecule has 0 spiro atoms. The Morgan fingerprint density at radius 2 is 2.06 bits per heavy atom. The van der Waals surface area contributed by atoms with Gasteiger partial charge in [0.15, 0.2) is 11.6 Å². The molecule has 90 valence electrons. The number of anilines is 1. The second-order valence-corrected chi connectivity index (χ2v) is 3.86. The van der Waals surface area contributed by atoms with Crippen molar-refractivity contribution in [1.29, 1.82) is 0 Å². The minimum absolute atomic E-state index is 0.471. The van der Waals surface area contributed by atoms with E-state index in [4.69, 9.17) is 4.74 Å². The van der Waals surface area contributed by atoms with Crippen LogP contribution in [0.4, 0.5) is 5.82 Å². The molecule has 0 fully saturated rings. The van der Waals surface area contributed by atoms with Gasteiger partial charge in [-0.2, -0.15) is 0 Å². The fraction of sp³-hybridized carbons (Fsp3) is 0.615. The zero-order valence-corrected chi connectivity index (χ0v) is 10.5. The third-order valence-electron chi connectivity index (χ3n) is 2.56. The Kier molecular flexibility index (Phi) is 5.68. The van der Waals surface area contributed by atoms with Crippen LogP contribution in [0.5, 0.6) is 5.75 Å². The van der Waals surface area contributed by atoms with Gasteiger partial charge in [-0.15, -0.1) is 0 Å². The Bertz CT molecular complexity index is 298. The molecule has 0 saturated carbocycles. The van der Waals surface area contributed by atoms with Gasteiger partial charge in [0.2, 0.25) is 0 Å². The predicted molar refractivity (Wildman–Crippen MR) is 68.0 cm³/mol. The summed E-state index contributed by atoms with van der Waals surface area (Å²) in [4.78, 5) is 4.33. The topological polar surface area (TPSA) is 34.1 Å². The lowest BCUT2D eigenvalue weighted by Gasteiger charge is -2.17. The third kappa shape index (κ3) is 3.72. The van der Waals surface area contributed by atoms with E-state index >= 15 is 0 Å². The normalized spacial score (nSPS) is 10.5. The minimum Gasteiger partial charge on any atom is -0.490 e. The van der Waals surface area contributed by atoms with Gasteiger partial charge in [0.05, 0.1) is 6.61 Å². The lowest BCUT2D eigenvalue weighted by molar-refractivity contribution is 0.317. The molecule has 0 aromatic carbocycles. The van der Waals surface area contributed by atoms with E-state index in [1.807, 2.05) is 12.1 Å². The first kappa shape index (κ1) is 12.8. The number of aromatic nitrogens is 1. The summed E-state index contributed by atoms with van der Waals surface area (Å²) in [5, 5.41) is 3.42. The number of rotatable bonds is 7. The summed E-state index contributed by atoms with van der Waals surface area (Å²) in [6.07, 6.45) is 5.00. The number of hydrogen-bond acceptors (Lipinski definition) is 3. The Morgan fingerprint density at radius 3 is 2.69 bits per heavy atom. The largest absolute Gasteiger partial charge is 0.490 e. The highest BCUT2D eigenvalue weighted by Crippen LogP contribution is 2.22. The summed E-state index contributed by atoms with van der Waals surface area (Å²) >= 11 is 0. The van der Waals surface area contributed by atoms with E-state index in [2.05, 4.69) is 31.1 Å². The second kappa shape index (κ2) is 7.09. The molecule has 1 rings (SSSR count). The number of nitrogens with zero attached hydrogens (tertiary/aromatic N) is 1. The molecule has 0 unspecified atom stereocenters. The van der Waals surface area contributed by atoms with Crippen molar-refractivity contribution in [1.82, 2.24) is 4.98 Å². The van der Waals surface area contributed by atoms with E-state index < -0.39 is 0 Å². The van der Waals surface area contributed by atoms with Crippen LogP contribution in [-0.2, 0) is 0 Å². The van der Waals surface area contributed by atoms with E-state index in [9.17, 15) is 0 Å². The Balaban J connectivity index is 2.69. The maximum Gasteiger partial charge on any atom is 0.168 e. The summed E-state index contributed by atoms with van der Waals surface area (Å²) in [5.74, 6) is 1.72. The van der Waals surface area contributed by atoms with Crippen molar-refractivity contribution in [2.75, 3.05) is 11.9 Å². The summed E-state index contributed by atoms with van der Waals surface area (Å²) in [5.41, 5.74) is 0. The Hall–Kier alpha value is -1.25. The average molecular weight is 222 g/mol. The van der Waals surface area contributed by atoms with Gasteiger partial charge in [-0.05, 0) is 31.4 Å². The molecule has 0 bridgehead atoms. The molecule has 1 aromatic heterocycles. The summed E-state index contributed by atoms with van der Waals surface area (Å²) in [7, 11) is 0. The van der Waals surface area contributed by atoms with Gasteiger partial charge in [0.25, 0.3) is 0 Å². The Morgan fingerprint density at radius 1 is 1.31 bits per heavy atom. The fourth-order valence-corrected chi connectivity index (χ4v) is 1.51. The zero-order valence-electron chi connectivity index (χ0n) is 10.5. The number of hydrogen-bond donors (Lipinski definition) is 1. The molecule has 0 radical (unpaired) electrons. The first-order valence-electron chi connectivity index (χ1n) is 6.16. The molecule has 0 saturated heterocycles. The van der Waals surface area contributed by atoms with E-state index in [0.29, 0.717) is 6.04 Å². The highest BCUT2D eigenvalue weighted by Gasteiger charge is 2.08. The summed E-state index contributed by atoms with van der Waals surface area (Å²) in [6, 6.07) is 4.34. The van der Waals surface area contributed by atoms with Crippen molar-refractivity contribution < 1.29 is 4.74 Å². The van der Waals surface area contributed by atoms with Crippen LogP contribution in [0.1, 0.15) is 40.0 Å². The maximum atomic E-state index is 5.65. The average Bonchev–Trinajstić information content (AvgIpc) is 2.34. The van der Waals surface area contributed by atoms with Gasteiger partial charge < -0.3 is 10.1 Å². The standard InChI is InChI=1S/C13H22N2O/c1-4-10-16-12-8-7-9-14-13(12)15-11(5-2)6-3/h7-9,11H,4-6,10H2,1-3H3,(H,14,15). The molecule has 3 heteroatoms. The second-order valence-electron chi connectivity index (χ2n) is 3.86. The van der Waals surface area contributed by atoms with Crippen LogP contribution in [0.3, 0.4) is 0 Å². The first-order valence-corrected chi connectivity index (χ1v) is 6.16. The quantitative estimate of drug-likeness (QED) is 0.767. The molecular weight excluding hydrogens is 200 g/mol. The van der Waals surface area contributed by atoms with E-state index in [1.54, 1.807) is 6.20 Å². The van der Waals surface area contributed by atoms with Crippen molar-refractivity contribution in [2.24, 2.45) is 0 Å². The van der Waals surface area contributed by atoms with Gasteiger partial charge in [-0.25, -0.2) is 4.98 Å². The molecule has 0 aliphatic rings. The fourth-order valence-electron chi connectivity index (χ4n) is 1.51. The van der Waals surface area contributed by atoms with Crippen molar-refractivity contribution >= 4 is 5.82 Å². The van der Waals surface area contributed by atoms with Crippen molar-refractivity contribution in [3.05, 3.63) is 18.3 Å². The summed E-state index contributed by atoms with van der Waals surface area (Å²) < 4.78 is 5.65. The monoisotopic (exact) mass is 222 g/mol. The van der Waals surface area contributed by atoms with E-state index in [-0.39, 0.29) is 0 Å². The summed E-state index contributed by atoms with van der Waals surface area (Å²) in [6.45, 7) is 7.20. The van der Waals surface area contributed by atoms with Crippen LogP contribution < -0.4 is 10.1 Å². The Labute approximate surface area is 98.2 Å². The highest BCUT2D eigenvalue weighted by atomic mass is 16.5. The maximum absolute atomic E-state index is 5.65. The van der Waals surface area contributed by atoms with Crippen LogP contribution in [0.2, 0.25) is 0 Å². The molecule has 0 atom stereocenters. The van der Waals surface area contributed by atoms with Crippen LogP contribution in [-0.4, -0.2) is 17.6 Å². The molecule has 0 aliphatic heterocycles. The molecule has 1 aromatic rings. The molecule has 0 aliphatic carbocycles. The van der Waals surface area contributed by atoms with Gasteiger partial charge in [0, 0.05) is 12.2 Å². The minimum atomic E-state index is 0.471. The van der Waals surface area contributed by atoms with Crippen molar-refractivity contribution in [2.45, 2.75) is 46.1 Å². The third-order valence-corrected chi connectivity index (χ3v) is 2.56. The predicted octanol–water partition coefficient (Wildman–Crippen LogP) is 3.47. The van der Waals surface area contributed by atoms with Gasteiger partial charge in [-0.1, -0.05) is 20.8 Å². The molecule has 3 nitrogen and oxygen atoms in total. The first-order chi connectivity index (χ1) is 7.81. The molecule has 1 N–H and O–H groups in total. The van der Waals surface area contributed by atoms with Gasteiger partial charge in [0.1, 0.15) is 0 Å². The molecular formula is C13H22N2O. The number of pyridine rings is 1. The van der Waals surface area contributed by atoms with E-state index in [0.717, 1.165) is 37.4 Å². The highest BCUT2D eigenvalue weighted by molar-refractivity contribution is 5.50. The van der Waals surface area contributed by atoms with Crippen LogP contribution in [0.25, 0.3) is 0 Å². The lowest BCUT2D eigenvalue weighted by atomic mass is 10.2. The van der Waals surface area contributed by atoms with Crippen molar-refractivity contribution in [3.63, 3.8) is 0 Å². The lowest BCUT2D eigenvalue weighted by Crippen LogP contribution is -2.18. The smallest absolute Gasteiger partial charge is 0.168 e. The number of nitrogens with one attached hydrogen (secondary N) is 1.